The van der Waals surface area contributed by atoms with Crippen LogP contribution in [0, 0.1) is 16.2 Å². The Morgan fingerprint density at radius 3 is 2.88 bits per heavy atom. The van der Waals surface area contributed by atoms with E-state index >= 15 is 0 Å². The monoisotopic (exact) mass is 228 g/mol. The summed E-state index contributed by atoms with van der Waals surface area (Å²) in [6.45, 7) is 3.71. The first-order valence-corrected chi connectivity index (χ1v) is 4.69. The van der Waals surface area contributed by atoms with Gasteiger partial charge in [0.2, 0.25) is 0 Å². The predicted molar refractivity (Wildman–Crippen MR) is 51.1 cm³/mol. The molecule has 0 N–H and O–H groups in total. The predicted octanol–water partition coefficient (Wildman–Crippen LogP) is 0.340. The Morgan fingerprint density at radius 2 is 2.44 bits per heavy atom. The molecule has 0 aromatic rings. The zero-order valence-corrected chi connectivity index (χ0v) is 9.00. The van der Waals surface area contributed by atoms with Gasteiger partial charge < -0.3 is 14.2 Å². The Kier molecular flexibility index (Phi) is 3.93. The number of nitrogens with zero attached hydrogens (tertiary/aromatic N) is 2. The van der Waals surface area contributed by atoms with Crippen LogP contribution in [0.4, 0.5) is 0 Å². The lowest BCUT2D eigenvalue weighted by Crippen LogP contribution is -2.28. The molecule has 0 bridgehead atoms. The summed E-state index contributed by atoms with van der Waals surface area (Å²) in [7, 11) is 0. The Morgan fingerprint density at radius 1 is 1.75 bits per heavy atom. The van der Waals surface area contributed by atoms with Crippen molar-refractivity contribution in [2.24, 2.45) is 5.18 Å². The van der Waals surface area contributed by atoms with Crippen molar-refractivity contribution in [3.63, 3.8) is 0 Å². The lowest BCUT2D eigenvalue weighted by molar-refractivity contribution is -0.158. The maximum absolute atomic E-state index is 11.1. The summed E-state index contributed by atoms with van der Waals surface area (Å²) in [5.74, 6) is -1.67. The van der Waals surface area contributed by atoms with Gasteiger partial charge in [-0.05, 0) is 19.0 Å². The van der Waals surface area contributed by atoms with Crippen LogP contribution in [0.3, 0.4) is 0 Å². The van der Waals surface area contributed by atoms with Gasteiger partial charge in [0.25, 0.3) is 6.04 Å². The molecule has 88 valence electrons. The fraction of sp³-hybridized carbons (Fsp3) is 0.778. The first kappa shape index (κ1) is 12.5. The molecule has 0 aromatic heterocycles. The summed E-state index contributed by atoms with van der Waals surface area (Å²) in [5, 5.41) is 10.7. The summed E-state index contributed by atoms with van der Waals surface area (Å²) < 4.78 is 15.3. The topological polar surface area (TPSA) is 98.0 Å². The fourth-order valence-corrected chi connectivity index (χ4v) is 1.22. The van der Waals surface area contributed by atoms with Gasteiger partial charge in [-0.3, -0.25) is 0 Å². The van der Waals surface area contributed by atoms with Crippen LogP contribution >= 0.6 is 0 Å². The lowest BCUT2D eigenvalue weighted by Gasteiger charge is -2.16. The third-order valence-electron chi connectivity index (χ3n) is 1.93. The van der Waals surface area contributed by atoms with Crippen molar-refractivity contribution in [2.75, 3.05) is 13.2 Å². The largest absolute Gasteiger partial charge is 0.460 e. The Labute approximate surface area is 92.2 Å². The van der Waals surface area contributed by atoms with Crippen molar-refractivity contribution < 1.29 is 19.0 Å². The van der Waals surface area contributed by atoms with E-state index in [1.54, 1.807) is 13.8 Å². The number of ether oxygens (including phenoxy) is 3. The molecule has 0 radical (unpaired) electrons. The minimum atomic E-state index is -1.62. The number of carbonyl (C=O) groups is 1. The molecule has 0 aromatic carbocycles. The van der Waals surface area contributed by atoms with Gasteiger partial charge in [0, 0.05) is 0 Å². The SMILES string of the molecule is CC1(C)OCC(COC(=O)C(C#N)N=O)O1. The highest BCUT2D eigenvalue weighted by Crippen LogP contribution is 2.22. The van der Waals surface area contributed by atoms with E-state index in [1.807, 2.05) is 0 Å². The van der Waals surface area contributed by atoms with Gasteiger partial charge in [0.05, 0.1) is 6.61 Å². The van der Waals surface area contributed by atoms with Crippen LogP contribution in [-0.4, -0.2) is 37.1 Å². The van der Waals surface area contributed by atoms with E-state index in [2.05, 4.69) is 5.18 Å². The molecule has 1 aliphatic heterocycles. The zero-order chi connectivity index (χ0) is 12.2. The van der Waals surface area contributed by atoms with Gasteiger partial charge in [0.1, 0.15) is 18.8 Å². The number of hydrogen-bond acceptors (Lipinski definition) is 7. The van der Waals surface area contributed by atoms with E-state index in [4.69, 9.17) is 19.5 Å². The average Bonchev–Trinajstić information content (AvgIpc) is 2.57. The second kappa shape index (κ2) is 5.01. The molecule has 1 heterocycles. The van der Waals surface area contributed by atoms with Crippen LogP contribution in [-0.2, 0) is 19.0 Å². The molecule has 16 heavy (non-hydrogen) atoms. The molecular formula is C9H12N2O5. The van der Waals surface area contributed by atoms with Gasteiger partial charge in [-0.2, -0.15) is 5.26 Å². The first-order chi connectivity index (χ1) is 7.48. The highest BCUT2D eigenvalue weighted by Gasteiger charge is 2.34. The molecule has 2 unspecified atom stereocenters. The van der Waals surface area contributed by atoms with E-state index in [-0.39, 0.29) is 12.7 Å². The number of nitroso groups, excluding NO2 is 1. The van der Waals surface area contributed by atoms with Crippen LogP contribution in [0.1, 0.15) is 13.8 Å². The third kappa shape index (κ3) is 3.25. The number of nitriles is 1. The van der Waals surface area contributed by atoms with Gasteiger partial charge in [0.15, 0.2) is 5.79 Å². The molecule has 0 saturated carbocycles. The normalized spacial score (nSPS) is 24.4. The summed E-state index contributed by atoms with van der Waals surface area (Å²) in [5.41, 5.74) is 0. The lowest BCUT2D eigenvalue weighted by atomic mass is 10.3. The maximum atomic E-state index is 11.1. The van der Waals surface area contributed by atoms with E-state index in [0.29, 0.717) is 6.61 Å². The highest BCUT2D eigenvalue weighted by atomic mass is 16.7. The standard InChI is InChI=1S/C9H12N2O5/c1-9(2)15-5-6(16-9)4-14-8(12)7(3-10)11-13/h6-7H,4-5H2,1-2H3. The van der Waals surface area contributed by atoms with E-state index < -0.39 is 17.8 Å². The fourth-order valence-electron chi connectivity index (χ4n) is 1.22. The van der Waals surface area contributed by atoms with Crippen molar-refractivity contribution >= 4 is 5.97 Å². The molecule has 1 fully saturated rings. The van der Waals surface area contributed by atoms with Crippen molar-refractivity contribution in [3.05, 3.63) is 4.91 Å². The van der Waals surface area contributed by atoms with Crippen LogP contribution in [0.2, 0.25) is 0 Å². The Hall–Kier alpha value is -1.52. The number of rotatable bonds is 4. The summed E-state index contributed by atoms with van der Waals surface area (Å²) in [6.07, 6.45) is -0.384. The molecule has 0 spiro atoms. The molecule has 2 atom stereocenters. The maximum Gasteiger partial charge on any atom is 0.349 e. The quantitative estimate of drug-likeness (QED) is 0.508. The third-order valence-corrected chi connectivity index (χ3v) is 1.93. The summed E-state index contributed by atoms with van der Waals surface area (Å²) in [4.78, 5) is 21.1. The van der Waals surface area contributed by atoms with Crippen molar-refractivity contribution in [2.45, 2.75) is 31.8 Å². The highest BCUT2D eigenvalue weighted by molar-refractivity contribution is 5.79. The minimum Gasteiger partial charge on any atom is -0.460 e. The summed E-state index contributed by atoms with van der Waals surface area (Å²) >= 11 is 0. The Bertz CT molecular complexity index is 322. The van der Waals surface area contributed by atoms with Gasteiger partial charge in [-0.1, -0.05) is 0 Å². The molecule has 1 rings (SSSR count). The molecule has 1 aliphatic rings. The summed E-state index contributed by atoms with van der Waals surface area (Å²) in [6, 6.07) is -0.198. The number of hydrogen-bond donors (Lipinski definition) is 0. The second-order valence-electron chi connectivity index (χ2n) is 3.72. The van der Waals surface area contributed by atoms with Crippen LogP contribution in [0.15, 0.2) is 5.18 Å². The van der Waals surface area contributed by atoms with Gasteiger partial charge in [-0.15, -0.1) is 4.91 Å². The minimum absolute atomic E-state index is 0.0596. The molecule has 1 saturated heterocycles. The van der Waals surface area contributed by atoms with Gasteiger partial charge in [-0.25, -0.2) is 4.79 Å². The van der Waals surface area contributed by atoms with E-state index in [9.17, 15) is 9.70 Å². The van der Waals surface area contributed by atoms with Crippen molar-refractivity contribution in [1.29, 1.82) is 5.26 Å². The van der Waals surface area contributed by atoms with E-state index in [0.717, 1.165) is 0 Å². The molecular weight excluding hydrogens is 216 g/mol. The van der Waals surface area contributed by atoms with Crippen molar-refractivity contribution in [1.82, 2.24) is 0 Å². The molecule has 7 heteroatoms. The Balaban J connectivity index is 2.34. The number of carbonyl (C=O) groups excluding carboxylic acids is 1. The second-order valence-corrected chi connectivity index (χ2v) is 3.72. The first-order valence-electron chi connectivity index (χ1n) is 4.69. The zero-order valence-electron chi connectivity index (χ0n) is 9.00. The molecule has 0 amide bonds. The van der Waals surface area contributed by atoms with Crippen LogP contribution < -0.4 is 0 Å². The van der Waals surface area contributed by atoms with Crippen LogP contribution in [0.5, 0.6) is 0 Å². The smallest absolute Gasteiger partial charge is 0.349 e. The molecule has 0 aliphatic carbocycles. The average molecular weight is 228 g/mol. The van der Waals surface area contributed by atoms with Crippen LogP contribution in [0.25, 0.3) is 0 Å². The van der Waals surface area contributed by atoms with Gasteiger partial charge >= 0.3 is 5.97 Å². The molecule has 7 nitrogen and oxygen atoms in total. The van der Waals surface area contributed by atoms with E-state index in [1.165, 1.54) is 6.07 Å². The number of esters is 1. The van der Waals surface area contributed by atoms with Crippen molar-refractivity contribution in [3.8, 4) is 6.07 Å².